The van der Waals surface area contributed by atoms with Crippen molar-refractivity contribution in [3.8, 4) is 23.0 Å². The number of phenolic OH excluding ortho intramolecular Hbond substituents is 1. The van der Waals surface area contributed by atoms with E-state index in [2.05, 4.69) is 19.8 Å². The Morgan fingerprint density at radius 2 is 2.02 bits per heavy atom. The van der Waals surface area contributed by atoms with Crippen molar-refractivity contribution < 1.29 is 23.7 Å². The van der Waals surface area contributed by atoms with Crippen LogP contribution in [0.1, 0.15) is 44.6 Å². The minimum absolute atomic E-state index is 0.0275. The molecule has 4 fully saturated rings. The first kappa shape index (κ1) is 27.9. The Balaban J connectivity index is 1.25. The van der Waals surface area contributed by atoms with Crippen molar-refractivity contribution in [1.82, 2.24) is 19.9 Å². The first-order chi connectivity index (χ1) is 21.3. The van der Waals surface area contributed by atoms with Gasteiger partial charge in [-0.05, 0) is 73.0 Å². The highest BCUT2D eigenvalue weighted by Gasteiger charge is 2.49. The Bertz CT molecular complexity index is 1770. The molecule has 2 aromatic carbocycles. The lowest BCUT2D eigenvalue weighted by molar-refractivity contribution is 0.107. The highest BCUT2D eigenvalue weighted by Crippen LogP contribution is 2.44. The van der Waals surface area contributed by atoms with Crippen LogP contribution in [0.5, 0.6) is 11.8 Å². The summed E-state index contributed by atoms with van der Waals surface area (Å²) in [5.74, 6) is 0.431. The average molecular weight is 602 g/mol. The number of hydrogen-bond acceptors (Lipinski definition) is 8. The number of aliphatic hydroxyl groups is 1. The van der Waals surface area contributed by atoms with Gasteiger partial charge < -0.3 is 19.8 Å². The summed E-state index contributed by atoms with van der Waals surface area (Å²) in [6, 6.07) is 9.13. The van der Waals surface area contributed by atoms with Gasteiger partial charge in [0, 0.05) is 43.7 Å². The van der Waals surface area contributed by atoms with Gasteiger partial charge in [-0.1, -0.05) is 25.1 Å². The van der Waals surface area contributed by atoms with E-state index in [-0.39, 0.29) is 41.6 Å². The number of anilines is 1. The number of halogens is 2. The number of phenols is 1. The molecular weight excluding hydrogens is 564 g/mol. The largest absolute Gasteiger partial charge is 0.508 e. The van der Waals surface area contributed by atoms with Crippen LogP contribution in [0.3, 0.4) is 0 Å². The summed E-state index contributed by atoms with van der Waals surface area (Å²) < 4.78 is 37.5. The fraction of sp³-hybridized carbons (Fsp3) is 0.500. The van der Waals surface area contributed by atoms with Crippen LogP contribution in [0.2, 0.25) is 0 Å². The molecule has 1 aliphatic carbocycles. The molecule has 5 atom stereocenters. The Morgan fingerprint density at radius 1 is 1.14 bits per heavy atom. The van der Waals surface area contributed by atoms with Gasteiger partial charge in [0.15, 0.2) is 5.82 Å². The summed E-state index contributed by atoms with van der Waals surface area (Å²) in [7, 11) is 0. The third-order valence-corrected chi connectivity index (χ3v) is 10.7. The molecule has 4 aliphatic rings. The maximum Gasteiger partial charge on any atom is 0.319 e. The average Bonchev–Trinajstić information content (AvgIpc) is 3.77. The standard InChI is InChI=1S/C34H37F2N5O3/c1-2-19-5-3-6-20-11-23(42)12-24(28(19)20)30-29(36)31-25(14-37-30)32(40-15-21-7-8-27(43)26(21)17-40)39-33(38-31)44-18-34-9-4-10-41(34)16-22(35)13-34/h3,5-6,11-12,14,21-22,26-27,42-43H,2,4,7-10,13,15-18H2,1H3/t21-,22+,26+,27+,34-/m0/s1. The maximum absolute atomic E-state index is 16.8. The van der Waals surface area contributed by atoms with Crippen LogP contribution in [-0.2, 0) is 6.42 Å². The van der Waals surface area contributed by atoms with Crippen molar-refractivity contribution in [1.29, 1.82) is 0 Å². The summed E-state index contributed by atoms with van der Waals surface area (Å²) in [6.07, 6.45) is 5.08. The molecule has 8 nitrogen and oxygen atoms in total. The van der Waals surface area contributed by atoms with Crippen LogP contribution >= 0.6 is 0 Å². The number of fused-ring (bicyclic) bond motifs is 4. The molecule has 0 unspecified atom stereocenters. The minimum atomic E-state index is -0.890. The third-order valence-electron chi connectivity index (χ3n) is 10.7. The smallest absolute Gasteiger partial charge is 0.319 e. The summed E-state index contributed by atoms with van der Waals surface area (Å²) in [4.78, 5) is 18.3. The van der Waals surface area contributed by atoms with Crippen molar-refractivity contribution in [2.45, 2.75) is 63.3 Å². The first-order valence-electron chi connectivity index (χ1n) is 15.9. The van der Waals surface area contributed by atoms with E-state index >= 15 is 4.39 Å². The minimum Gasteiger partial charge on any atom is -0.508 e. The van der Waals surface area contributed by atoms with Crippen molar-refractivity contribution in [3.05, 3.63) is 47.9 Å². The van der Waals surface area contributed by atoms with Crippen LogP contribution in [0, 0.1) is 17.7 Å². The van der Waals surface area contributed by atoms with Crippen molar-refractivity contribution in [3.63, 3.8) is 0 Å². The van der Waals surface area contributed by atoms with Gasteiger partial charge in [-0.25, -0.2) is 8.78 Å². The number of aliphatic hydroxyl groups excluding tert-OH is 1. The normalized spacial score (nSPS) is 28.3. The van der Waals surface area contributed by atoms with E-state index in [4.69, 9.17) is 9.72 Å². The summed E-state index contributed by atoms with van der Waals surface area (Å²) in [5.41, 5.74) is 1.31. The molecule has 2 N–H and O–H groups in total. The van der Waals surface area contributed by atoms with Gasteiger partial charge in [0.2, 0.25) is 0 Å². The van der Waals surface area contributed by atoms with E-state index in [0.717, 1.165) is 55.0 Å². The van der Waals surface area contributed by atoms with Gasteiger partial charge in [0.05, 0.1) is 17.0 Å². The molecule has 0 radical (unpaired) electrons. The predicted molar refractivity (Wildman–Crippen MR) is 164 cm³/mol. The Kier molecular flexibility index (Phi) is 6.64. The molecule has 8 rings (SSSR count). The van der Waals surface area contributed by atoms with E-state index in [1.165, 1.54) is 0 Å². The molecule has 10 heteroatoms. The molecule has 0 bridgehead atoms. The quantitative estimate of drug-likeness (QED) is 0.303. The molecule has 2 aromatic heterocycles. The van der Waals surface area contributed by atoms with E-state index in [1.54, 1.807) is 18.3 Å². The van der Waals surface area contributed by atoms with Crippen LogP contribution in [-0.4, -0.2) is 80.7 Å². The number of aryl methyl sites for hydroxylation is 1. The van der Waals surface area contributed by atoms with E-state index in [0.29, 0.717) is 48.7 Å². The van der Waals surface area contributed by atoms with Crippen LogP contribution < -0.4 is 9.64 Å². The number of rotatable bonds is 6. The number of pyridine rings is 1. The number of aromatic nitrogens is 3. The fourth-order valence-electron chi connectivity index (χ4n) is 8.54. The second kappa shape index (κ2) is 10.5. The lowest BCUT2D eigenvalue weighted by Gasteiger charge is -2.31. The molecule has 44 heavy (non-hydrogen) atoms. The van der Waals surface area contributed by atoms with Crippen molar-refractivity contribution >= 4 is 27.5 Å². The first-order valence-corrected chi connectivity index (χ1v) is 15.9. The molecule has 4 aromatic rings. The Labute approximate surface area is 254 Å². The highest BCUT2D eigenvalue weighted by atomic mass is 19.1. The second-order valence-electron chi connectivity index (χ2n) is 13.2. The van der Waals surface area contributed by atoms with Gasteiger partial charge in [-0.15, -0.1) is 0 Å². The molecule has 1 saturated carbocycles. The SMILES string of the molecule is CCc1cccc2cc(O)cc(-c3ncc4c(N5C[C@@H]6CC[C@@H](O)[C@@H]6C5)nc(OC[C@@]56CCCN5C[C@H](F)C6)nc4c3F)c12. The lowest BCUT2D eigenvalue weighted by Crippen LogP contribution is -2.43. The van der Waals surface area contributed by atoms with Crippen LogP contribution in [0.15, 0.2) is 36.5 Å². The number of hydrogen-bond donors (Lipinski definition) is 2. The van der Waals surface area contributed by atoms with Crippen LogP contribution in [0.4, 0.5) is 14.6 Å². The molecule has 0 amide bonds. The maximum atomic E-state index is 16.8. The third kappa shape index (κ3) is 4.40. The van der Waals surface area contributed by atoms with E-state index < -0.39 is 17.5 Å². The molecule has 3 aliphatic heterocycles. The molecule has 0 spiro atoms. The second-order valence-corrected chi connectivity index (χ2v) is 13.2. The lowest BCUT2D eigenvalue weighted by atomic mass is 9.95. The van der Waals surface area contributed by atoms with Crippen molar-refractivity contribution in [2.75, 3.05) is 37.7 Å². The van der Waals surface area contributed by atoms with Gasteiger partial charge in [-0.3, -0.25) is 9.88 Å². The van der Waals surface area contributed by atoms with Gasteiger partial charge in [0.25, 0.3) is 0 Å². The van der Waals surface area contributed by atoms with Gasteiger partial charge >= 0.3 is 6.01 Å². The van der Waals surface area contributed by atoms with Gasteiger partial charge in [0.1, 0.15) is 35.6 Å². The predicted octanol–water partition coefficient (Wildman–Crippen LogP) is 5.41. The molecule has 3 saturated heterocycles. The number of aromatic hydroxyl groups is 1. The zero-order valence-corrected chi connectivity index (χ0v) is 24.8. The van der Waals surface area contributed by atoms with E-state index in [9.17, 15) is 14.6 Å². The number of nitrogens with zero attached hydrogens (tertiary/aromatic N) is 5. The molecular formula is C34H37F2N5O3. The summed E-state index contributed by atoms with van der Waals surface area (Å²) >= 11 is 0. The van der Waals surface area contributed by atoms with E-state index in [1.807, 2.05) is 25.1 Å². The zero-order chi connectivity index (χ0) is 30.2. The Hall–Kier alpha value is -3.63. The number of alkyl halides is 1. The van der Waals surface area contributed by atoms with Crippen LogP contribution in [0.25, 0.3) is 32.9 Å². The van der Waals surface area contributed by atoms with Gasteiger partial charge in [-0.2, -0.15) is 9.97 Å². The number of ether oxygens (including phenoxy) is 1. The monoisotopic (exact) mass is 601 g/mol. The zero-order valence-electron chi connectivity index (χ0n) is 24.8. The molecule has 230 valence electrons. The fourth-order valence-corrected chi connectivity index (χ4v) is 8.54. The Morgan fingerprint density at radius 3 is 2.86 bits per heavy atom. The molecule has 5 heterocycles. The highest BCUT2D eigenvalue weighted by molar-refractivity contribution is 6.01. The summed E-state index contributed by atoms with van der Waals surface area (Å²) in [6.45, 7) is 4.84. The van der Waals surface area contributed by atoms with Crippen molar-refractivity contribution in [2.24, 2.45) is 11.8 Å². The number of benzene rings is 2. The topological polar surface area (TPSA) is 94.8 Å². The summed E-state index contributed by atoms with van der Waals surface area (Å²) in [5, 5.41) is 23.3.